The molecule has 0 radical (unpaired) electrons. The summed E-state index contributed by atoms with van der Waals surface area (Å²) < 4.78 is 6.43. The van der Waals surface area contributed by atoms with E-state index in [0.29, 0.717) is 32.1 Å². The maximum Gasteiger partial charge on any atom is 0.226 e. The van der Waals surface area contributed by atoms with E-state index in [-0.39, 0.29) is 0 Å². The van der Waals surface area contributed by atoms with E-state index in [2.05, 4.69) is 38.1 Å². The van der Waals surface area contributed by atoms with Gasteiger partial charge in [0.25, 0.3) is 0 Å². The molecule has 1 heterocycles. The lowest BCUT2D eigenvalue weighted by Crippen LogP contribution is -2.05. The molecule has 0 atom stereocenters. The van der Waals surface area contributed by atoms with Crippen LogP contribution in [0.1, 0.15) is 19.0 Å². The quantitative estimate of drug-likeness (QED) is 0.687. The van der Waals surface area contributed by atoms with Gasteiger partial charge in [-0.1, -0.05) is 30.1 Å². The topological polar surface area (TPSA) is 47.0 Å². The van der Waals surface area contributed by atoms with Crippen molar-refractivity contribution < 1.29 is 4.74 Å². The lowest BCUT2D eigenvalue weighted by molar-refractivity contribution is 0.462. The smallest absolute Gasteiger partial charge is 0.226 e. The van der Waals surface area contributed by atoms with Crippen molar-refractivity contribution in [3.05, 3.63) is 38.4 Å². The van der Waals surface area contributed by atoms with Crippen LogP contribution in [0.2, 0.25) is 10.0 Å². The van der Waals surface area contributed by atoms with Crippen LogP contribution in [0.15, 0.2) is 22.7 Å². The van der Waals surface area contributed by atoms with Gasteiger partial charge in [0.2, 0.25) is 11.8 Å². The van der Waals surface area contributed by atoms with Crippen LogP contribution in [0.25, 0.3) is 0 Å². The molecule has 2 aromatic rings. The highest BCUT2D eigenvalue weighted by Crippen LogP contribution is 2.36. The average Bonchev–Trinajstić information content (AvgIpc) is 2.42. The number of aromatic nitrogens is 2. The summed E-state index contributed by atoms with van der Waals surface area (Å²) in [5.74, 6) is 1.40. The van der Waals surface area contributed by atoms with Crippen molar-refractivity contribution in [2.75, 3.05) is 11.9 Å². The number of aryl methyl sites for hydroxylation is 1. The molecule has 0 unspecified atom stereocenters. The highest BCUT2D eigenvalue weighted by Gasteiger charge is 2.10. The Hall–Kier alpha value is -1.04. The van der Waals surface area contributed by atoms with Gasteiger partial charge in [0.05, 0.1) is 10.0 Å². The van der Waals surface area contributed by atoms with Crippen molar-refractivity contribution in [3.63, 3.8) is 0 Å². The zero-order valence-electron chi connectivity index (χ0n) is 11.6. The van der Waals surface area contributed by atoms with Gasteiger partial charge in [-0.3, -0.25) is 0 Å². The summed E-state index contributed by atoms with van der Waals surface area (Å²) in [6, 6.07) is 5.07. The maximum atomic E-state index is 6.14. The fourth-order valence-corrected chi connectivity index (χ4v) is 2.43. The first-order valence-electron chi connectivity index (χ1n) is 6.41. The Kier molecular flexibility index (Phi) is 5.67. The van der Waals surface area contributed by atoms with E-state index in [9.17, 15) is 0 Å². The van der Waals surface area contributed by atoms with Crippen LogP contribution < -0.4 is 10.1 Å². The molecule has 112 valence electrons. The molecule has 0 spiro atoms. The van der Waals surface area contributed by atoms with E-state index < -0.39 is 0 Å². The van der Waals surface area contributed by atoms with Gasteiger partial charge in [-0.05, 0) is 35.3 Å². The second-order valence-corrected chi connectivity index (χ2v) is 6.07. The van der Waals surface area contributed by atoms with Gasteiger partial charge in [-0.15, -0.1) is 0 Å². The molecule has 7 heteroatoms. The molecule has 0 amide bonds. The van der Waals surface area contributed by atoms with E-state index in [1.165, 1.54) is 0 Å². The summed E-state index contributed by atoms with van der Waals surface area (Å²) in [4.78, 5) is 8.60. The Bertz CT molecular complexity index is 652. The van der Waals surface area contributed by atoms with E-state index in [4.69, 9.17) is 27.9 Å². The normalized spacial score (nSPS) is 10.5. The molecule has 21 heavy (non-hydrogen) atoms. The summed E-state index contributed by atoms with van der Waals surface area (Å²) in [5.41, 5.74) is 0.804. The molecule has 0 aliphatic heterocycles. The second-order valence-electron chi connectivity index (χ2n) is 4.40. The van der Waals surface area contributed by atoms with Gasteiger partial charge in [0, 0.05) is 28.8 Å². The van der Waals surface area contributed by atoms with E-state index in [0.717, 1.165) is 18.7 Å². The average molecular weight is 391 g/mol. The number of hydrogen-bond donors (Lipinski definition) is 1. The van der Waals surface area contributed by atoms with Crippen molar-refractivity contribution in [2.45, 2.75) is 20.3 Å². The first-order chi connectivity index (χ1) is 9.99. The number of nitrogens with one attached hydrogen (secondary N) is 1. The summed E-state index contributed by atoms with van der Waals surface area (Å²) >= 11 is 15.5. The number of rotatable bonds is 5. The van der Waals surface area contributed by atoms with Crippen LogP contribution >= 0.6 is 39.1 Å². The van der Waals surface area contributed by atoms with Crippen LogP contribution in [-0.4, -0.2) is 16.5 Å². The minimum atomic E-state index is 0.418. The summed E-state index contributed by atoms with van der Waals surface area (Å²) in [5, 5.41) is 4.10. The second kappa shape index (κ2) is 7.29. The monoisotopic (exact) mass is 389 g/mol. The molecule has 2 rings (SSSR count). The third kappa shape index (κ3) is 4.46. The Morgan fingerprint density at radius 3 is 2.67 bits per heavy atom. The van der Waals surface area contributed by atoms with Gasteiger partial charge in [-0.25, -0.2) is 4.98 Å². The van der Waals surface area contributed by atoms with Crippen molar-refractivity contribution in [2.24, 2.45) is 0 Å². The fraction of sp³-hybridized carbons (Fsp3) is 0.286. The molecule has 1 N–H and O–H groups in total. The number of halogens is 3. The van der Waals surface area contributed by atoms with Crippen molar-refractivity contribution >= 4 is 45.1 Å². The molecular weight excluding hydrogens is 377 g/mol. The first-order valence-corrected chi connectivity index (χ1v) is 7.96. The maximum absolute atomic E-state index is 6.14. The molecule has 0 aliphatic carbocycles. The van der Waals surface area contributed by atoms with Gasteiger partial charge >= 0.3 is 0 Å². The standard InChI is InChI=1S/C14H14BrCl2N3O/c1-3-4-18-14-19-8(2)5-13(20-14)21-12-7-10(16)9(15)6-11(12)17/h5-7H,3-4H2,1-2H3,(H,18,19,20). The molecule has 0 fully saturated rings. The third-order valence-corrected chi connectivity index (χ3v) is 4.05. The first kappa shape index (κ1) is 16.3. The fourth-order valence-electron chi connectivity index (χ4n) is 1.60. The van der Waals surface area contributed by atoms with Crippen molar-refractivity contribution in [1.82, 2.24) is 9.97 Å². The zero-order chi connectivity index (χ0) is 15.4. The third-order valence-electron chi connectivity index (χ3n) is 2.55. The van der Waals surface area contributed by atoms with Crippen LogP contribution in [0.3, 0.4) is 0 Å². The highest BCUT2D eigenvalue weighted by molar-refractivity contribution is 9.10. The van der Waals surface area contributed by atoms with Crippen LogP contribution in [-0.2, 0) is 0 Å². The molecule has 0 bridgehead atoms. The molecule has 1 aromatic carbocycles. The Morgan fingerprint density at radius 2 is 1.95 bits per heavy atom. The number of hydrogen-bond acceptors (Lipinski definition) is 4. The summed E-state index contributed by atoms with van der Waals surface area (Å²) in [6.45, 7) is 4.75. The van der Waals surface area contributed by atoms with Crippen LogP contribution in [0.4, 0.5) is 5.95 Å². The van der Waals surface area contributed by atoms with Crippen molar-refractivity contribution in [1.29, 1.82) is 0 Å². The summed E-state index contributed by atoms with van der Waals surface area (Å²) in [6.07, 6.45) is 0.988. The molecular formula is C14H14BrCl2N3O. The minimum absolute atomic E-state index is 0.418. The highest BCUT2D eigenvalue weighted by atomic mass is 79.9. The Balaban J connectivity index is 2.27. The largest absolute Gasteiger partial charge is 0.437 e. The van der Waals surface area contributed by atoms with Crippen LogP contribution in [0, 0.1) is 6.92 Å². The predicted molar refractivity (Wildman–Crippen MR) is 89.8 cm³/mol. The summed E-state index contributed by atoms with van der Waals surface area (Å²) in [7, 11) is 0. The molecule has 0 saturated heterocycles. The van der Waals surface area contributed by atoms with Gasteiger partial charge < -0.3 is 10.1 Å². The van der Waals surface area contributed by atoms with Gasteiger partial charge in [0.1, 0.15) is 5.75 Å². The van der Waals surface area contributed by atoms with Gasteiger partial charge in [0.15, 0.2) is 0 Å². The number of nitrogens with zero attached hydrogens (tertiary/aromatic N) is 2. The molecule has 4 nitrogen and oxygen atoms in total. The molecule has 1 aromatic heterocycles. The van der Waals surface area contributed by atoms with E-state index >= 15 is 0 Å². The number of ether oxygens (including phenoxy) is 1. The lowest BCUT2D eigenvalue weighted by Gasteiger charge is -2.10. The van der Waals surface area contributed by atoms with Crippen LogP contribution in [0.5, 0.6) is 11.6 Å². The number of benzene rings is 1. The van der Waals surface area contributed by atoms with E-state index in [1.807, 2.05) is 6.92 Å². The SMILES string of the molecule is CCCNc1nc(C)cc(Oc2cc(Cl)c(Br)cc2Cl)n1. The van der Waals surface area contributed by atoms with Crippen molar-refractivity contribution in [3.8, 4) is 11.6 Å². The molecule has 0 saturated carbocycles. The van der Waals surface area contributed by atoms with Gasteiger partial charge in [-0.2, -0.15) is 4.98 Å². The minimum Gasteiger partial charge on any atom is -0.437 e. The zero-order valence-corrected chi connectivity index (χ0v) is 14.7. The Morgan fingerprint density at radius 1 is 1.19 bits per heavy atom. The van der Waals surface area contributed by atoms with E-state index in [1.54, 1.807) is 18.2 Å². The predicted octanol–water partition coefficient (Wildman–Crippen LogP) is 5.47. The number of anilines is 1. The Labute approximate surface area is 142 Å². The lowest BCUT2D eigenvalue weighted by atomic mass is 10.3. The molecule has 0 aliphatic rings.